The summed E-state index contributed by atoms with van der Waals surface area (Å²) in [7, 11) is 0. The molecule has 0 atom stereocenters. The van der Waals surface area contributed by atoms with Crippen molar-refractivity contribution in [2.45, 2.75) is 33.8 Å². The Morgan fingerprint density at radius 1 is 1.03 bits per heavy atom. The molecule has 170 valence electrons. The molecular weight excluding hydrogens is 440 g/mol. The summed E-state index contributed by atoms with van der Waals surface area (Å²) >= 11 is 5.93. The maximum Gasteiger partial charge on any atom is 0.271 e. The molecule has 3 rings (SSSR count). The van der Waals surface area contributed by atoms with Crippen LogP contribution in [0, 0.1) is 11.3 Å². The van der Waals surface area contributed by atoms with Crippen molar-refractivity contribution >= 4 is 29.5 Å². The lowest BCUT2D eigenvalue weighted by atomic mass is 9.93. The van der Waals surface area contributed by atoms with Crippen LogP contribution in [0.15, 0.2) is 59.2 Å². The number of rotatable bonds is 8. The molecule has 0 unspecified atom stereocenters. The Hall–Kier alpha value is -3.56. The summed E-state index contributed by atoms with van der Waals surface area (Å²) in [5.74, 6) is 0.156. The van der Waals surface area contributed by atoms with Gasteiger partial charge in [0, 0.05) is 17.1 Å². The number of carbonyl (C=O) groups excluding carboxylic acids is 2. The van der Waals surface area contributed by atoms with E-state index in [4.69, 9.17) is 21.1 Å². The largest absolute Gasteiger partial charge is 0.490 e. The van der Waals surface area contributed by atoms with Crippen LogP contribution in [0.3, 0.4) is 0 Å². The molecule has 0 aliphatic carbocycles. The van der Waals surface area contributed by atoms with Crippen molar-refractivity contribution in [3.05, 3.63) is 75.3 Å². The Bertz CT molecular complexity index is 1160. The maximum absolute atomic E-state index is 13.0. The van der Waals surface area contributed by atoms with Crippen molar-refractivity contribution in [1.29, 1.82) is 5.26 Å². The van der Waals surface area contributed by atoms with Gasteiger partial charge in [0.2, 0.25) is 0 Å². The summed E-state index contributed by atoms with van der Waals surface area (Å²) in [4.78, 5) is 26.6. The van der Waals surface area contributed by atoms with E-state index in [2.05, 4.69) is 0 Å². The topological polar surface area (TPSA) is 79.6 Å². The van der Waals surface area contributed by atoms with Crippen molar-refractivity contribution in [2.75, 3.05) is 13.2 Å². The highest BCUT2D eigenvalue weighted by molar-refractivity contribution is 6.30. The van der Waals surface area contributed by atoms with E-state index in [1.165, 1.54) is 0 Å². The molecule has 0 N–H and O–H groups in total. The minimum atomic E-state index is -0.542. The number of benzene rings is 2. The van der Waals surface area contributed by atoms with Gasteiger partial charge < -0.3 is 9.47 Å². The summed E-state index contributed by atoms with van der Waals surface area (Å²) in [6.45, 7) is 6.41. The van der Waals surface area contributed by atoms with Crippen LogP contribution in [0.25, 0.3) is 6.08 Å². The second-order valence-corrected chi connectivity index (χ2v) is 7.92. The zero-order valence-corrected chi connectivity index (χ0v) is 19.6. The number of halogens is 1. The molecule has 6 nitrogen and oxygen atoms in total. The molecule has 0 bridgehead atoms. The smallest absolute Gasteiger partial charge is 0.271 e. The van der Waals surface area contributed by atoms with Crippen LogP contribution in [-0.4, -0.2) is 29.9 Å². The van der Waals surface area contributed by atoms with Crippen LogP contribution in [0.4, 0.5) is 0 Å². The van der Waals surface area contributed by atoms with E-state index in [0.717, 1.165) is 10.5 Å². The Balaban J connectivity index is 1.93. The molecule has 0 fully saturated rings. The molecule has 7 heteroatoms. The molecule has 1 heterocycles. The molecule has 2 aromatic carbocycles. The number of hydrogen-bond donors (Lipinski definition) is 0. The lowest BCUT2D eigenvalue weighted by Gasteiger charge is -2.27. The van der Waals surface area contributed by atoms with Crippen LogP contribution in [0.2, 0.25) is 5.02 Å². The molecule has 1 aliphatic heterocycles. The number of carbonyl (C=O) groups is 2. The van der Waals surface area contributed by atoms with E-state index in [9.17, 15) is 14.9 Å². The van der Waals surface area contributed by atoms with Gasteiger partial charge in [0.25, 0.3) is 11.8 Å². The molecule has 0 aromatic heterocycles. The predicted molar refractivity (Wildman–Crippen MR) is 127 cm³/mol. The van der Waals surface area contributed by atoms with E-state index in [0.29, 0.717) is 52.9 Å². The third-order valence-electron chi connectivity index (χ3n) is 5.16. The van der Waals surface area contributed by atoms with Crippen molar-refractivity contribution in [3.63, 3.8) is 0 Å². The van der Waals surface area contributed by atoms with Crippen LogP contribution in [-0.2, 0) is 16.2 Å². The Labute approximate surface area is 198 Å². The summed E-state index contributed by atoms with van der Waals surface area (Å²) in [6.07, 6.45) is 2.28. The van der Waals surface area contributed by atoms with Gasteiger partial charge in [-0.1, -0.05) is 36.7 Å². The summed E-state index contributed by atoms with van der Waals surface area (Å²) in [6, 6.07) is 14.7. The molecule has 0 radical (unpaired) electrons. The molecule has 33 heavy (non-hydrogen) atoms. The van der Waals surface area contributed by atoms with E-state index >= 15 is 0 Å². The summed E-state index contributed by atoms with van der Waals surface area (Å²) in [5.41, 5.74) is 2.34. The SMILES string of the molecule is CCCN1C(=O)C(C#N)=C(C)/C(=C\c2ccc(OCc3ccc(Cl)cc3)c(OCC)c2)C1=O. The molecule has 2 amide bonds. The first kappa shape index (κ1) is 24.1. The van der Waals surface area contributed by atoms with Crippen LogP contribution >= 0.6 is 11.6 Å². The van der Waals surface area contributed by atoms with E-state index in [1.54, 1.807) is 43.3 Å². The zero-order valence-electron chi connectivity index (χ0n) is 18.9. The van der Waals surface area contributed by atoms with Gasteiger partial charge in [-0.25, -0.2) is 0 Å². The monoisotopic (exact) mass is 464 g/mol. The van der Waals surface area contributed by atoms with Gasteiger partial charge in [-0.2, -0.15) is 5.26 Å². The second kappa shape index (κ2) is 10.8. The maximum atomic E-state index is 13.0. The molecule has 0 saturated heterocycles. The average molecular weight is 465 g/mol. The van der Waals surface area contributed by atoms with Crippen molar-refractivity contribution in [1.82, 2.24) is 4.90 Å². The van der Waals surface area contributed by atoms with Crippen LogP contribution < -0.4 is 9.47 Å². The Morgan fingerprint density at radius 3 is 2.39 bits per heavy atom. The number of amides is 2. The first-order valence-corrected chi connectivity index (χ1v) is 11.1. The second-order valence-electron chi connectivity index (χ2n) is 7.49. The number of nitriles is 1. The third-order valence-corrected chi connectivity index (χ3v) is 5.41. The van der Waals surface area contributed by atoms with Crippen LogP contribution in [0.5, 0.6) is 11.5 Å². The first-order valence-electron chi connectivity index (χ1n) is 10.7. The predicted octanol–water partition coefficient (Wildman–Crippen LogP) is 5.32. The Morgan fingerprint density at radius 2 is 1.76 bits per heavy atom. The number of imide groups is 1. The fraction of sp³-hybridized carbons (Fsp3) is 0.269. The molecule has 0 saturated carbocycles. The van der Waals surface area contributed by atoms with Gasteiger partial charge in [-0.15, -0.1) is 0 Å². The number of nitrogens with zero attached hydrogens (tertiary/aromatic N) is 2. The normalized spacial score (nSPS) is 15.1. The lowest BCUT2D eigenvalue weighted by Crippen LogP contribution is -2.43. The molecule has 2 aromatic rings. The van der Waals surface area contributed by atoms with E-state index in [1.807, 2.05) is 32.0 Å². The van der Waals surface area contributed by atoms with Gasteiger partial charge in [0.1, 0.15) is 18.2 Å². The molecule has 0 spiro atoms. The van der Waals surface area contributed by atoms with Gasteiger partial charge in [-0.05, 0) is 67.3 Å². The standard InChI is InChI=1S/C26H25ClN2O4/c1-4-12-29-25(30)21(17(3)22(15-28)26(29)31)13-19-8-11-23(24(14-19)32-5-2)33-16-18-6-9-20(27)10-7-18/h6-11,13-14H,4-5,12,16H2,1-3H3/b21-13+. The highest BCUT2D eigenvalue weighted by Crippen LogP contribution is 2.32. The average Bonchev–Trinajstić information content (AvgIpc) is 2.80. The number of ether oxygens (including phenoxy) is 2. The van der Waals surface area contributed by atoms with Crippen molar-refractivity contribution in [2.24, 2.45) is 0 Å². The minimum absolute atomic E-state index is 0.0118. The zero-order chi connectivity index (χ0) is 24.0. The lowest BCUT2D eigenvalue weighted by molar-refractivity contribution is -0.140. The van der Waals surface area contributed by atoms with Gasteiger partial charge in [0.05, 0.1) is 6.61 Å². The summed E-state index contributed by atoms with van der Waals surface area (Å²) in [5, 5.41) is 10.1. The number of hydrogen-bond acceptors (Lipinski definition) is 5. The summed E-state index contributed by atoms with van der Waals surface area (Å²) < 4.78 is 11.7. The van der Waals surface area contributed by atoms with Crippen molar-refractivity contribution in [3.8, 4) is 17.6 Å². The quantitative estimate of drug-likeness (QED) is 0.390. The van der Waals surface area contributed by atoms with E-state index in [-0.39, 0.29) is 12.1 Å². The van der Waals surface area contributed by atoms with Gasteiger partial charge >= 0.3 is 0 Å². The van der Waals surface area contributed by atoms with Crippen molar-refractivity contribution < 1.29 is 19.1 Å². The van der Waals surface area contributed by atoms with Gasteiger partial charge in [-0.3, -0.25) is 14.5 Å². The minimum Gasteiger partial charge on any atom is -0.490 e. The van der Waals surface area contributed by atoms with Crippen LogP contribution in [0.1, 0.15) is 38.3 Å². The van der Waals surface area contributed by atoms with Gasteiger partial charge in [0.15, 0.2) is 11.5 Å². The fourth-order valence-corrected chi connectivity index (χ4v) is 3.59. The third kappa shape index (κ3) is 5.44. The fourth-order valence-electron chi connectivity index (χ4n) is 3.47. The highest BCUT2D eigenvalue weighted by atomic mass is 35.5. The highest BCUT2D eigenvalue weighted by Gasteiger charge is 2.34. The molecule has 1 aliphatic rings. The molecular formula is C26H25ClN2O4. The first-order chi connectivity index (χ1) is 15.9. The van der Waals surface area contributed by atoms with E-state index < -0.39 is 11.8 Å². The Kier molecular flexibility index (Phi) is 7.92.